The average Bonchev–Trinajstić information content (AvgIpc) is 2.59. The molecule has 0 fully saturated rings. The van der Waals surface area contributed by atoms with Crippen LogP contribution in [0.15, 0.2) is 24.4 Å². The maximum Gasteiger partial charge on any atom is 0.412 e. The zero-order valence-corrected chi connectivity index (χ0v) is 17.5. The Morgan fingerprint density at radius 2 is 2.04 bits per heavy atom. The van der Waals surface area contributed by atoms with Crippen LogP contribution < -0.4 is 15.4 Å². The van der Waals surface area contributed by atoms with E-state index >= 15 is 0 Å². The SMILES string of the molecule is Cc1cc(-c2ccnc(N(C)C(=O)O)c2)nc(C)c1OC[C@@](C)(N)CC(C)C. The molecule has 2 rings (SSSR count). The Bertz CT molecular complexity index is 826. The van der Waals surface area contributed by atoms with Gasteiger partial charge in [-0.3, -0.25) is 4.90 Å². The molecule has 2 aromatic rings. The van der Waals surface area contributed by atoms with Crippen LogP contribution >= 0.6 is 0 Å². The topological polar surface area (TPSA) is 102 Å². The third kappa shape index (κ3) is 5.42. The Morgan fingerprint density at radius 1 is 1.36 bits per heavy atom. The van der Waals surface area contributed by atoms with Gasteiger partial charge < -0.3 is 15.6 Å². The van der Waals surface area contributed by atoms with E-state index in [1.165, 1.54) is 7.05 Å². The number of pyridine rings is 2. The molecule has 3 N–H and O–H groups in total. The summed E-state index contributed by atoms with van der Waals surface area (Å²) in [6, 6.07) is 5.44. The van der Waals surface area contributed by atoms with Gasteiger partial charge in [-0.15, -0.1) is 0 Å². The van der Waals surface area contributed by atoms with Gasteiger partial charge in [0.05, 0.1) is 11.4 Å². The highest BCUT2D eigenvalue weighted by molar-refractivity contribution is 5.85. The van der Waals surface area contributed by atoms with Gasteiger partial charge in [-0.2, -0.15) is 0 Å². The fraction of sp³-hybridized carbons (Fsp3) is 0.476. The number of hydrogen-bond donors (Lipinski definition) is 2. The molecule has 0 aromatic carbocycles. The predicted molar refractivity (Wildman–Crippen MR) is 111 cm³/mol. The van der Waals surface area contributed by atoms with Crippen molar-refractivity contribution in [3.05, 3.63) is 35.7 Å². The molecule has 28 heavy (non-hydrogen) atoms. The van der Waals surface area contributed by atoms with Gasteiger partial charge in [0.2, 0.25) is 0 Å². The van der Waals surface area contributed by atoms with Gasteiger partial charge in [-0.25, -0.2) is 14.8 Å². The van der Waals surface area contributed by atoms with Crippen LogP contribution in [-0.4, -0.2) is 40.4 Å². The lowest BCUT2D eigenvalue weighted by molar-refractivity contribution is 0.203. The van der Waals surface area contributed by atoms with Gasteiger partial charge >= 0.3 is 6.09 Å². The Labute approximate surface area is 166 Å². The maximum atomic E-state index is 11.2. The Hall–Kier alpha value is -2.67. The fourth-order valence-electron chi connectivity index (χ4n) is 3.27. The second-order valence-electron chi connectivity index (χ2n) is 8.02. The van der Waals surface area contributed by atoms with Crippen molar-refractivity contribution in [2.75, 3.05) is 18.6 Å². The van der Waals surface area contributed by atoms with E-state index in [1.807, 2.05) is 26.8 Å². The van der Waals surface area contributed by atoms with Crippen molar-refractivity contribution < 1.29 is 14.6 Å². The van der Waals surface area contributed by atoms with Crippen molar-refractivity contribution >= 4 is 11.9 Å². The lowest BCUT2D eigenvalue weighted by atomic mass is 9.93. The molecule has 2 heterocycles. The standard InChI is InChI=1S/C21H30N4O3/c1-13(2)11-21(5,22)12-28-19-14(3)9-17(24-15(19)4)16-7-8-23-18(10-16)25(6)20(26)27/h7-10,13H,11-12,22H2,1-6H3,(H,26,27)/t21-/m0/s1. The van der Waals surface area contributed by atoms with Gasteiger partial charge in [-0.1, -0.05) is 13.8 Å². The number of hydrogen-bond acceptors (Lipinski definition) is 5. The molecule has 0 saturated heterocycles. The normalized spacial score (nSPS) is 13.3. The predicted octanol–water partition coefficient (Wildman–Crippen LogP) is 4.02. The van der Waals surface area contributed by atoms with Crippen LogP contribution in [0.4, 0.5) is 10.6 Å². The van der Waals surface area contributed by atoms with E-state index in [1.54, 1.807) is 18.3 Å². The molecule has 152 valence electrons. The lowest BCUT2D eigenvalue weighted by Crippen LogP contribution is -2.43. The second-order valence-corrected chi connectivity index (χ2v) is 8.02. The van der Waals surface area contributed by atoms with E-state index in [0.717, 1.165) is 39.6 Å². The maximum absolute atomic E-state index is 11.2. The van der Waals surface area contributed by atoms with Crippen molar-refractivity contribution in [1.82, 2.24) is 9.97 Å². The Balaban J connectivity index is 2.27. The van der Waals surface area contributed by atoms with Crippen molar-refractivity contribution in [3.8, 4) is 17.0 Å². The van der Waals surface area contributed by atoms with Crippen molar-refractivity contribution in [1.29, 1.82) is 0 Å². The first-order chi connectivity index (χ1) is 13.0. The zero-order chi connectivity index (χ0) is 21.1. The summed E-state index contributed by atoms with van der Waals surface area (Å²) in [7, 11) is 1.45. The summed E-state index contributed by atoms with van der Waals surface area (Å²) in [5, 5.41) is 9.14. The van der Waals surface area contributed by atoms with Crippen LogP contribution in [0.2, 0.25) is 0 Å². The number of carbonyl (C=O) groups is 1. The largest absolute Gasteiger partial charge is 0.490 e. The number of amides is 1. The van der Waals surface area contributed by atoms with E-state index in [4.69, 9.17) is 15.6 Å². The number of rotatable bonds is 7. The van der Waals surface area contributed by atoms with Crippen LogP contribution in [0.5, 0.6) is 5.75 Å². The second kappa shape index (κ2) is 8.56. The van der Waals surface area contributed by atoms with Crippen molar-refractivity contribution in [2.45, 2.75) is 46.6 Å². The highest BCUT2D eigenvalue weighted by Crippen LogP contribution is 2.29. The molecule has 0 bridgehead atoms. The quantitative estimate of drug-likeness (QED) is 0.745. The van der Waals surface area contributed by atoms with E-state index in [2.05, 4.69) is 23.8 Å². The summed E-state index contributed by atoms with van der Waals surface area (Å²) in [5.74, 6) is 1.57. The lowest BCUT2D eigenvalue weighted by Gasteiger charge is -2.27. The van der Waals surface area contributed by atoms with Crippen LogP contribution in [0.1, 0.15) is 38.4 Å². The van der Waals surface area contributed by atoms with Gasteiger partial charge in [0.1, 0.15) is 18.2 Å². The molecule has 7 nitrogen and oxygen atoms in total. The smallest absolute Gasteiger partial charge is 0.412 e. The summed E-state index contributed by atoms with van der Waals surface area (Å²) in [4.78, 5) is 21.0. The minimum Gasteiger partial charge on any atom is -0.490 e. The van der Waals surface area contributed by atoms with E-state index in [0.29, 0.717) is 18.3 Å². The van der Waals surface area contributed by atoms with Gasteiger partial charge in [0.15, 0.2) is 0 Å². The van der Waals surface area contributed by atoms with Crippen LogP contribution in [0.25, 0.3) is 11.3 Å². The minimum atomic E-state index is -1.07. The molecule has 0 aliphatic heterocycles. The minimum absolute atomic E-state index is 0.343. The Kier molecular flexibility index (Phi) is 6.61. The number of aryl methyl sites for hydroxylation is 2. The monoisotopic (exact) mass is 386 g/mol. The number of nitrogens with two attached hydrogens (primary N) is 1. The molecule has 0 spiro atoms. The van der Waals surface area contributed by atoms with Gasteiger partial charge in [0.25, 0.3) is 0 Å². The molecule has 0 saturated carbocycles. The zero-order valence-electron chi connectivity index (χ0n) is 17.5. The average molecular weight is 386 g/mol. The number of ether oxygens (including phenoxy) is 1. The summed E-state index contributed by atoms with van der Waals surface area (Å²) >= 11 is 0. The molecule has 0 aliphatic carbocycles. The number of anilines is 1. The third-order valence-corrected chi connectivity index (χ3v) is 4.42. The first-order valence-corrected chi connectivity index (χ1v) is 9.33. The van der Waals surface area contributed by atoms with Crippen molar-refractivity contribution in [3.63, 3.8) is 0 Å². The van der Waals surface area contributed by atoms with Gasteiger partial charge in [0, 0.05) is 24.3 Å². The molecular formula is C21H30N4O3. The number of nitrogens with zero attached hydrogens (tertiary/aromatic N) is 3. The Morgan fingerprint density at radius 3 is 2.61 bits per heavy atom. The number of aromatic nitrogens is 2. The number of carboxylic acid groups (broad SMARTS) is 1. The van der Waals surface area contributed by atoms with Crippen LogP contribution in [0, 0.1) is 19.8 Å². The summed E-state index contributed by atoms with van der Waals surface area (Å²) in [6.45, 7) is 10.6. The molecule has 0 aliphatic rings. The summed E-state index contributed by atoms with van der Waals surface area (Å²) in [5.41, 5.74) is 9.19. The molecule has 7 heteroatoms. The highest BCUT2D eigenvalue weighted by atomic mass is 16.5. The molecule has 2 aromatic heterocycles. The first kappa shape index (κ1) is 21.6. The molecule has 1 amide bonds. The summed E-state index contributed by atoms with van der Waals surface area (Å²) in [6.07, 6.45) is 1.38. The molecule has 0 unspecified atom stereocenters. The first-order valence-electron chi connectivity index (χ1n) is 9.33. The van der Waals surface area contributed by atoms with Crippen LogP contribution in [0.3, 0.4) is 0 Å². The van der Waals surface area contributed by atoms with E-state index < -0.39 is 11.6 Å². The van der Waals surface area contributed by atoms with Gasteiger partial charge in [-0.05, 0) is 56.9 Å². The van der Waals surface area contributed by atoms with E-state index in [9.17, 15) is 4.79 Å². The fourth-order valence-corrected chi connectivity index (χ4v) is 3.27. The third-order valence-electron chi connectivity index (χ3n) is 4.42. The highest BCUT2D eigenvalue weighted by Gasteiger charge is 2.22. The molecular weight excluding hydrogens is 356 g/mol. The molecule has 1 atom stereocenters. The van der Waals surface area contributed by atoms with Crippen LogP contribution in [-0.2, 0) is 0 Å². The summed E-state index contributed by atoms with van der Waals surface area (Å²) < 4.78 is 6.03. The van der Waals surface area contributed by atoms with Crippen molar-refractivity contribution in [2.24, 2.45) is 11.7 Å². The van der Waals surface area contributed by atoms with E-state index in [-0.39, 0.29) is 0 Å². The molecule has 0 radical (unpaired) electrons.